The smallest absolute Gasteiger partial charge is 0.277 e. The molecule has 0 atom stereocenters. The number of amides is 1. The van der Waals surface area contributed by atoms with Crippen LogP contribution in [0.4, 0.5) is 0 Å². The number of benzene rings is 2. The molecule has 0 spiro atoms. The van der Waals surface area contributed by atoms with Crippen molar-refractivity contribution < 1.29 is 9.53 Å². The molecule has 7 nitrogen and oxygen atoms in total. The van der Waals surface area contributed by atoms with Crippen molar-refractivity contribution in [2.45, 2.75) is 19.9 Å². The summed E-state index contributed by atoms with van der Waals surface area (Å²) in [6, 6.07) is 14.6. The second-order valence-electron chi connectivity index (χ2n) is 6.83. The number of ether oxygens (including phenoxy) is 1. The predicted molar refractivity (Wildman–Crippen MR) is 112 cm³/mol. The van der Waals surface area contributed by atoms with Crippen LogP contribution in [0.1, 0.15) is 29.3 Å². The molecular formula is C22H22N4O3. The zero-order valence-electron chi connectivity index (χ0n) is 16.4. The van der Waals surface area contributed by atoms with Crippen molar-refractivity contribution in [1.82, 2.24) is 19.5 Å². The molecule has 2 aromatic heterocycles. The Balaban J connectivity index is 1.87. The van der Waals surface area contributed by atoms with E-state index < -0.39 is 0 Å². The van der Waals surface area contributed by atoms with Gasteiger partial charge in [0.2, 0.25) is 0 Å². The van der Waals surface area contributed by atoms with Gasteiger partial charge in [-0.05, 0) is 48.4 Å². The molecule has 7 heteroatoms. The molecular weight excluding hydrogens is 368 g/mol. The van der Waals surface area contributed by atoms with Crippen LogP contribution in [0.25, 0.3) is 16.6 Å². The van der Waals surface area contributed by atoms with Gasteiger partial charge in [-0.15, -0.1) is 0 Å². The maximum absolute atomic E-state index is 13.2. The second kappa shape index (κ2) is 7.79. The first-order valence-corrected chi connectivity index (χ1v) is 9.54. The molecule has 4 rings (SSSR count). The summed E-state index contributed by atoms with van der Waals surface area (Å²) < 4.78 is 8.52. The van der Waals surface area contributed by atoms with E-state index in [0.29, 0.717) is 29.7 Å². The Labute approximate surface area is 167 Å². The van der Waals surface area contributed by atoms with Gasteiger partial charge in [0, 0.05) is 12.1 Å². The molecule has 0 bridgehead atoms. The van der Waals surface area contributed by atoms with Gasteiger partial charge >= 0.3 is 0 Å². The maximum Gasteiger partial charge on any atom is 0.277 e. The van der Waals surface area contributed by atoms with Crippen LogP contribution in [0, 0.1) is 0 Å². The van der Waals surface area contributed by atoms with E-state index in [1.165, 1.54) is 0 Å². The molecule has 2 heterocycles. The molecule has 0 saturated carbocycles. The summed E-state index contributed by atoms with van der Waals surface area (Å²) in [5.74, 6) is 0.602. The SMILES string of the molecule is CCCNC(=O)c1ccc2c(c1)n(Cc1ccc(OC)cc1)c(=O)c1ccnn12. The van der Waals surface area contributed by atoms with E-state index in [1.54, 1.807) is 40.6 Å². The Morgan fingerprint density at radius 3 is 2.59 bits per heavy atom. The van der Waals surface area contributed by atoms with Crippen LogP contribution in [-0.4, -0.2) is 33.7 Å². The monoisotopic (exact) mass is 390 g/mol. The van der Waals surface area contributed by atoms with Gasteiger partial charge in [0.25, 0.3) is 11.5 Å². The summed E-state index contributed by atoms with van der Waals surface area (Å²) >= 11 is 0. The zero-order chi connectivity index (χ0) is 20.4. The molecule has 1 N–H and O–H groups in total. The molecule has 0 aliphatic rings. The van der Waals surface area contributed by atoms with Gasteiger partial charge in [0.05, 0.1) is 30.9 Å². The lowest BCUT2D eigenvalue weighted by molar-refractivity contribution is 0.0954. The molecule has 0 aliphatic heterocycles. The van der Waals surface area contributed by atoms with E-state index in [2.05, 4.69) is 10.4 Å². The average Bonchev–Trinajstić information content (AvgIpc) is 3.25. The normalized spacial score (nSPS) is 11.1. The Hall–Kier alpha value is -3.61. The standard InChI is InChI=1S/C22H22N4O3/c1-3-11-23-21(27)16-6-9-18-20(13-16)25(22(28)19-10-12-24-26(18)19)14-15-4-7-17(29-2)8-5-15/h4-10,12-13H,3,11,14H2,1-2H3,(H,23,27). The number of carbonyl (C=O) groups excluding carboxylic acids is 1. The van der Waals surface area contributed by atoms with Gasteiger partial charge in [-0.1, -0.05) is 19.1 Å². The lowest BCUT2D eigenvalue weighted by Crippen LogP contribution is -2.26. The zero-order valence-corrected chi connectivity index (χ0v) is 16.4. The quantitative estimate of drug-likeness (QED) is 0.549. The van der Waals surface area contributed by atoms with Gasteiger partial charge in [0.15, 0.2) is 0 Å². The van der Waals surface area contributed by atoms with Crippen LogP contribution < -0.4 is 15.6 Å². The van der Waals surface area contributed by atoms with Crippen molar-refractivity contribution >= 4 is 22.5 Å². The van der Waals surface area contributed by atoms with Crippen LogP contribution in [-0.2, 0) is 6.54 Å². The third-order valence-electron chi connectivity index (χ3n) is 4.90. The molecule has 0 fully saturated rings. The fourth-order valence-corrected chi connectivity index (χ4v) is 3.38. The molecule has 4 aromatic rings. The Morgan fingerprint density at radius 1 is 1.07 bits per heavy atom. The minimum Gasteiger partial charge on any atom is -0.497 e. The lowest BCUT2D eigenvalue weighted by Gasteiger charge is -2.14. The molecule has 0 aliphatic carbocycles. The first-order chi connectivity index (χ1) is 14.1. The number of fused-ring (bicyclic) bond motifs is 3. The number of carbonyl (C=O) groups is 1. The van der Waals surface area contributed by atoms with Crippen molar-refractivity contribution in [2.75, 3.05) is 13.7 Å². The highest BCUT2D eigenvalue weighted by atomic mass is 16.5. The molecule has 1 amide bonds. The topological polar surface area (TPSA) is 77.6 Å². The highest BCUT2D eigenvalue weighted by molar-refractivity contribution is 5.97. The molecule has 148 valence electrons. The molecule has 0 radical (unpaired) electrons. The number of hydrogen-bond donors (Lipinski definition) is 1. The van der Waals surface area contributed by atoms with Crippen molar-refractivity contribution in [3.05, 3.63) is 76.2 Å². The van der Waals surface area contributed by atoms with Gasteiger partial charge in [0.1, 0.15) is 11.3 Å². The minimum atomic E-state index is -0.156. The highest BCUT2D eigenvalue weighted by Crippen LogP contribution is 2.19. The number of hydrogen-bond acceptors (Lipinski definition) is 4. The summed E-state index contributed by atoms with van der Waals surface area (Å²) in [4.78, 5) is 25.6. The summed E-state index contributed by atoms with van der Waals surface area (Å²) in [5.41, 5.74) is 3.24. The van der Waals surface area contributed by atoms with Crippen molar-refractivity contribution in [3.63, 3.8) is 0 Å². The van der Waals surface area contributed by atoms with Gasteiger partial charge in [-0.25, -0.2) is 4.52 Å². The minimum absolute atomic E-state index is 0.155. The molecule has 0 unspecified atom stereocenters. The van der Waals surface area contributed by atoms with E-state index in [0.717, 1.165) is 23.3 Å². The summed E-state index contributed by atoms with van der Waals surface area (Å²) in [6.45, 7) is 2.98. The summed E-state index contributed by atoms with van der Waals surface area (Å²) in [6.07, 6.45) is 2.46. The van der Waals surface area contributed by atoms with E-state index in [4.69, 9.17) is 4.74 Å². The highest BCUT2D eigenvalue weighted by Gasteiger charge is 2.14. The average molecular weight is 390 g/mol. The fraction of sp³-hybridized carbons (Fsp3) is 0.227. The van der Waals surface area contributed by atoms with Crippen LogP contribution in [0.3, 0.4) is 0 Å². The third-order valence-corrected chi connectivity index (χ3v) is 4.90. The Kier molecular flexibility index (Phi) is 5.03. The van der Waals surface area contributed by atoms with Crippen molar-refractivity contribution in [3.8, 4) is 5.75 Å². The fourth-order valence-electron chi connectivity index (χ4n) is 3.38. The van der Waals surface area contributed by atoms with E-state index in [1.807, 2.05) is 37.3 Å². The predicted octanol–water partition coefficient (Wildman–Crippen LogP) is 2.85. The number of methoxy groups -OCH3 is 1. The van der Waals surface area contributed by atoms with Gasteiger partial charge < -0.3 is 14.6 Å². The van der Waals surface area contributed by atoms with E-state index in [-0.39, 0.29) is 11.5 Å². The molecule has 0 saturated heterocycles. The van der Waals surface area contributed by atoms with E-state index >= 15 is 0 Å². The summed E-state index contributed by atoms with van der Waals surface area (Å²) in [7, 11) is 1.62. The molecule has 2 aromatic carbocycles. The van der Waals surface area contributed by atoms with Crippen LogP contribution >= 0.6 is 0 Å². The third kappa shape index (κ3) is 3.47. The lowest BCUT2D eigenvalue weighted by atomic mass is 10.1. The van der Waals surface area contributed by atoms with Gasteiger partial charge in [-0.3, -0.25) is 9.59 Å². The Bertz CT molecular complexity index is 1240. The van der Waals surface area contributed by atoms with Crippen LogP contribution in [0.2, 0.25) is 0 Å². The largest absolute Gasteiger partial charge is 0.497 e. The number of rotatable bonds is 6. The molecule has 29 heavy (non-hydrogen) atoms. The van der Waals surface area contributed by atoms with Crippen LogP contribution in [0.5, 0.6) is 5.75 Å². The Morgan fingerprint density at radius 2 is 1.86 bits per heavy atom. The number of nitrogens with zero attached hydrogens (tertiary/aromatic N) is 3. The summed E-state index contributed by atoms with van der Waals surface area (Å²) in [5, 5.41) is 7.17. The maximum atomic E-state index is 13.2. The first kappa shape index (κ1) is 18.7. The van der Waals surface area contributed by atoms with Gasteiger partial charge in [-0.2, -0.15) is 5.10 Å². The second-order valence-corrected chi connectivity index (χ2v) is 6.83. The van der Waals surface area contributed by atoms with Crippen molar-refractivity contribution in [2.24, 2.45) is 0 Å². The number of nitrogens with one attached hydrogen (secondary N) is 1. The first-order valence-electron chi connectivity index (χ1n) is 9.54. The van der Waals surface area contributed by atoms with Crippen molar-refractivity contribution in [1.29, 1.82) is 0 Å². The van der Waals surface area contributed by atoms with Crippen LogP contribution in [0.15, 0.2) is 59.5 Å². The van der Waals surface area contributed by atoms with E-state index in [9.17, 15) is 9.59 Å². The number of aromatic nitrogens is 3.